The molecule has 23 heavy (non-hydrogen) atoms. The molecule has 0 saturated heterocycles. The molecule has 0 aliphatic carbocycles. The van der Waals surface area contributed by atoms with Crippen molar-refractivity contribution in [3.05, 3.63) is 5.57 Å². The zero-order valence-electron chi connectivity index (χ0n) is 14.8. The maximum atomic E-state index is 10.9. The van der Waals surface area contributed by atoms with Crippen LogP contribution in [-0.2, 0) is 14.5 Å². The highest BCUT2D eigenvalue weighted by atomic mass is 17.1. The summed E-state index contributed by atoms with van der Waals surface area (Å²) in [5.41, 5.74) is 0.950. The van der Waals surface area contributed by atoms with E-state index in [1.807, 2.05) is 0 Å². The molecule has 0 radical (unpaired) electrons. The maximum absolute atomic E-state index is 10.9. The van der Waals surface area contributed by atoms with Crippen molar-refractivity contribution in [2.24, 2.45) is 0 Å². The first-order valence-corrected chi connectivity index (χ1v) is 9.31. The average Bonchev–Trinajstić information content (AvgIpc) is 2.57. The van der Waals surface area contributed by atoms with E-state index in [0.717, 1.165) is 63.4 Å². The van der Waals surface area contributed by atoms with Crippen LogP contribution in [0.1, 0.15) is 103 Å². The predicted molar refractivity (Wildman–Crippen MR) is 92.9 cm³/mol. The summed E-state index contributed by atoms with van der Waals surface area (Å²) in [5, 5.41) is 8.11. The smallest absolute Gasteiger partial charge is 0.301 e. The molecule has 0 aromatic heterocycles. The second kappa shape index (κ2) is 17.2. The first-order chi connectivity index (χ1) is 11.2. The van der Waals surface area contributed by atoms with Gasteiger partial charge in [0.15, 0.2) is 0 Å². The predicted octanol–water partition coefficient (Wildman–Crippen LogP) is 5.63. The molecule has 0 aliphatic rings. The first kappa shape index (κ1) is 21.9. The minimum absolute atomic E-state index is 0.285. The van der Waals surface area contributed by atoms with Gasteiger partial charge in [-0.15, -0.1) is 0 Å². The molecule has 4 heteroatoms. The van der Waals surface area contributed by atoms with E-state index in [4.69, 9.17) is 5.26 Å². The van der Waals surface area contributed by atoms with Crippen LogP contribution >= 0.6 is 0 Å². The summed E-state index contributed by atoms with van der Waals surface area (Å²) in [5.74, 6) is 1.57. The van der Waals surface area contributed by atoms with E-state index in [1.54, 1.807) is 0 Å². The highest BCUT2D eigenvalue weighted by molar-refractivity contribution is 5.68. The summed E-state index contributed by atoms with van der Waals surface area (Å²) in [6.07, 6.45) is 15.7. The molecule has 0 amide bonds. The van der Waals surface area contributed by atoms with Crippen molar-refractivity contribution in [3.8, 4) is 0 Å². The second-order valence-electron chi connectivity index (χ2n) is 6.31. The zero-order valence-corrected chi connectivity index (χ0v) is 14.8. The molecular weight excluding hydrogens is 292 g/mol. The van der Waals surface area contributed by atoms with Crippen LogP contribution in [0.3, 0.4) is 0 Å². The number of carbonyl (C=O) groups is 1. The monoisotopic (exact) mass is 326 g/mol. The third-order valence-corrected chi connectivity index (χ3v) is 4.19. The average molecular weight is 326 g/mol. The molecule has 0 rings (SSSR count). The normalized spacial score (nSPS) is 10.3. The lowest BCUT2D eigenvalue weighted by Crippen LogP contribution is -1.99. The van der Waals surface area contributed by atoms with Gasteiger partial charge in [-0.3, -0.25) is 0 Å². The van der Waals surface area contributed by atoms with Crippen molar-refractivity contribution in [1.82, 2.24) is 0 Å². The quantitative estimate of drug-likeness (QED) is 0.173. The van der Waals surface area contributed by atoms with Gasteiger partial charge in [0.1, 0.15) is 5.94 Å². The first-order valence-electron chi connectivity index (χ1n) is 9.31. The van der Waals surface area contributed by atoms with E-state index in [9.17, 15) is 9.59 Å². The number of rotatable bonds is 16. The van der Waals surface area contributed by atoms with Gasteiger partial charge in [-0.25, -0.2) is 9.59 Å². The highest BCUT2D eigenvalue weighted by Gasteiger charge is 2.02. The Balaban J connectivity index is 3.40. The SMILES string of the molecule is CCCCCCCCC(=C=O)CCCCCCCCC(=O)OO. The van der Waals surface area contributed by atoms with Gasteiger partial charge in [0, 0.05) is 12.0 Å². The molecule has 0 aromatic rings. The Bertz CT molecular complexity index is 332. The Hall–Kier alpha value is -1.12. The van der Waals surface area contributed by atoms with Gasteiger partial charge in [-0.2, -0.15) is 5.26 Å². The van der Waals surface area contributed by atoms with E-state index >= 15 is 0 Å². The minimum Gasteiger partial charge on any atom is -0.301 e. The van der Waals surface area contributed by atoms with Gasteiger partial charge in [-0.05, 0) is 32.1 Å². The molecule has 1 N–H and O–H groups in total. The summed E-state index contributed by atoms with van der Waals surface area (Å²) < 4.78 is 0. The van der Waals surface area contributed by atoms with Crippen LogP contribution < -0.4 is 0 Å². The van der Waals surface area contributed by atoms with Crippen LogP contribution in [0.4, 0.5) is 0 Å². The van der Waals surface area contributed by atoms with Crippen molar-refractivity contribution in [1.29, 1.82) is 0 Å². The number of hydrogen-bond acceptors (Lipinski definition) is 4. The standard InChI is InChI=1S/C19H34O4/c1-2-3-4-5-8-11-14-18(17-20)15-12-9-6-7-10-13-16-19(21)23-22/h22H,2-16H2,1H3. The highest BCUT2D eigenvalue weighted by Crippen LogP contribution is 2.16. The Labute approximate surface area is 141 Å². The largest absolute Gasteiger partial charge is 0.342 e. The minimum atomic E-state index is -0.555. The van der Waals surface area contributed by atoms with E-state index in [0.29, 0.717) is 0 Å². The summed E-state index contributed by atoms with van der Waals surface area (Å²) in [7, 11) is 0. The molecule has 0 saturated carbocycles. The van der Waals surface area contributed by atoms with Crippen molar-refractivity contribution >= 4 is 11.9 Å². The Morgan fingerprint density at radius 3 is 1.65 bits per heavy atom. The Morgan fingerprint density at radius 1 is 0.783 bits per heavy atom. The molecule has 0 aliphatic heterocycles. The molecule has 0 unspecified atom stereocenters. The molecule has 0 aromatic carbocycles. The van der Waals surface area contributed by atoms with Gasteiger partial charge in [0.25, 0.3) is 0 Å². The van der Waals surface area contributed by atoms with E-state index in [1.165, 1.54) is 32.1 Å². The third kappa shape index (κ3) is 15.5. The van der Waals surface area contributed by atoms with Gasteiger partial charge in [0.05, 0.1) is 0 Å². The molecule has 0 spiro atoms. The van der Waals surface area contributed by atoms with Crippen molar-refractivity contribution in [2.45, 2.75) is 103 Å². The van der Waals surface area contributed by atoms with Crippen LogP contribution in [-0.4, -0.2) is 17.2 Å². The fraction of sp³-hybridized carbons (Fsp3) is 0.842. The van der Waals surface area contributed by atoms with Crippen LogP contribution in [0.5, 0.6) is 0 Å². The molecule has 0 bridgehead atoms. The number of hydrogen-bond donors (Lipinski definition) is 1. The van der Waals surface area contributed by atoms with E-state index in [-0.39, 0.29) is 6.42 Å². The third-order valence-electron chi connectivity index (χ3n) is 4.19. The molecule has 0 heterocycles. The summed E-state index contributed by atoms with van der Waals surface area (Å²) >= 11 is 0. The number of unbranched alkanes of at least 4 members (excludes halogenated alkanes) is 10. The fourth-order valence-electron chi connectivity index (χ4n) is 2.71. The molecule has 134 valence electrons. The van der Waals surface area contributed by atoms with Gasteiger partial charge < -0.3 is 4.89 Å². The molecule has 0 atom stereocenters. The fourth-order valence-corrected chi connectivity index (χ4v) is 2.71. The Morgan fingerprint density at radius 2 is 1.22 bits per heavy atom. The lowest BCUT2D eigenvalue weighted by atomic mass is 10.0. The van der Waals surface area contributed by atoms with Gasteiger partial charge in [0.2, 0.25) is 0 Å². The van der Waals surface area contributed by atoms with Crippen LogP contribution in [0.15, 0.2) is 5.57 Å². The summed E-state index contributed by atoms with van der Waals surface area (Å²) in [6, 6.07) is 0. The number of allylic oxidation sites excluding steroid dienone is 1. The number of carbonyl (C=O) groups excluding carboxylic acids is 2. The Kier molecular flexibility index (Phi) is 16.4. The molecule has 0 fully saturated rings. The zero-order chi connectivity index (χ0) is 17.2. The second-order valence-corrected chi connectivity index (χ2v) is 6.31. The molecular formula is C19H34O4. The van der Waals surface area contributed by atoms with Crippen LogP contribution in [0.25, 0.3) is 0 Å². The van der Waals surface area contributed by atoms with Gasteiger partial charge >= 0.3 is 5.97 Å². The van der Waals surface area contributed by atoms with Crippen molar-refractivity contribution in [2.75, 3.05) is 0 Å². The lowest BCUT2D eigenvalue weighted by Gasteiger charge is -2.04. The van der Waals surface area contributed by atoms with Crippen LogP contribution in [0.2, 0.25) is 0 Å². The van der Waals surface area contributed by atoms with Gasteiger partial charge in [-0.1, -0.05) is 64.7 Å². The summed E-state index contributed by atoms with van der Waals surface area (Å²) in [6.45, 7) is 2.22. The maximum Gasteiger partial charge on any atom is 0.342 e. The van der Waals surface area contributed by atoms with E-state index in [2.05, 4.69) is 17.8 Å². The molecule has 4 nitrogen and oxygen atoms in total. The van der Waals surface area contributed by atoms with Crippen LogP contribution in [0, 0.1) is 0 Å². The summed E-state index contributed by atoms with van der Waals surface area (Å²) in [4.78, 5) is 25.3. The topological polar surface area (TPSA) is 63.6 Å². The van der Waals surface area contributed by atoms with Crippen molar-refractivity contribution in [3.63, 3.8) is 0 Å². The van der Waals surface area contributed by atoms with E-state index < -0.39 is 5.97 Å². The lowest BCUT2D eigenvalue weighted by molar-refractivity contribution is -0.234. The van der Waals surface area contributed by atoms with Crippen molar-refractivity contribution < 1.29 is 19.7 Å².